The summed E-state index contributed by atoms with van der Waals surface area (Å²) < 4.78 is 5.05. The minimum atomic E-state index is -0.363. The Labute approximate surface area is 92.7 Å². The van der Waals surface area contributed by atoms with Crippen molar-refractivity contribution in [1.29, 1.82) is 0 Å². The van der Waals surface area contributed by atoms with Crippen molar-refractivity contribution in [2.75, 3.05) is 7.11 Å². The Bertz CT molecular complexity index is 434. The number of hydrogen-bond donors (Lipinski definition) is 0. The van der Waals surface area contributed by atoms with Gasteiger partial charge in [0, 0.05) is 0 Å². The first-order valence-electron chi connectivity index (χ1n) is 4.65. The van der Waals surface area contributed by atoms with Crippen LogP contribution >= 0.6 is 11.6 Å². The molecule has 1 aliphatic carbocycles. The van der Waals surface area contributed by atoms with Crippen LogP contribution in [0.1, 0.15) is 18.4 Å². The number of nitrogens with zero attached hydrogens (tertiary/aromatic N) is 1. The highest BCUT2D eigenvalue weighted by Gasteiger charge is 2.45. The molecule has 1 aromatic carbocycles. The third kappa shape index (κ3) is 1.76. The molecule has 3 nitrogen and oxygen atoms in total. The third-order valence-corrected chi connectivity index (χ3v) is 2.97. The molecule has 0 bridgehead atoms. The minimum Gasteiger partial charge on any atom is -0.495 e. The Morgan fingerprint density at radius 3 is 2.73 bits per heavy atom. The highest BCUT2D eigenvalue weighted by molar-refractivity contribution is 6.32. The molecule has 1 aromatic rings. The average Bonchev–Trinajstić information content (AvgIpc) is 2.99. The lowest BCUT2D eigenvalue weighted by Gasteiger charge is -2.10. The smallest absolute Gasteiger partial charge is 0.235 e. The van der Waals surface area contributed by atoms with E-state index in [2.05, 4.69) is 4.99 Å². The fourth-order valence-electron chi connectivity index (χ4n) is 1.63. The molecule has 0 spiro atoms. The number of methoxy groups -OCH3 is 1. The van der Waals surface area contributed by atoms with Gasteiger partial charge >= 0.3 is 0 Å². The summed E-state index contributed by atoms with van der Waals surface area (Å²) in [5.41, 5.74) is 0.592. The summed E-state index contributed by atoms with van der Waals surface area (Å²) in [5.74, 6) is 0.631. The Hall–Kier alpha value is -1.31. The van der Waals surface area contributed by atoms with Gasteiger partial charge in [0.05, 0.1) is 17.7 Å². The Kier molecular flexibility index (Phi) is 2.51. The normalized spacial score (nSPS) is 16.7. The number of halogens is 1. The van der Waals surface area contributed by atoms with Crippen LogP contribution in [0.25, 0.3) is 0 Å². The van der Waals surface area contributed by atoms with Crippen LogP contribution in [0.4, 0.5) is 0 Å². The minimum absolute atomic E-state index is 0.363. The van der Waals surface area contributed by atoms with Gasteiger partial charge in [-0.05, 0) is 30.5 Å². The van der Waals surface area contributed by atoms with E-state index < -0.39 is 0 Å². The monoisotopic (exact) mass is 223 g/mol. The van der Waals surface area contributed by atoms with E-state index in [4.69, 9.17) is 16.3 Å². The van der Waals surface area contributed by atoms with Crippen molar-refractivity contribution >= 4 is 17.7 Å². The Balaban J connectivity index is 2.38. The number of isocyanates is 1. The van der Waals surface area contributed by atoms with Crippen molar-refractivity contribution in [3.05, 3.63) is 28.8 Å². The van der Waals surface area contributed by atoms with Crippen LogP contribution < -0.4 is 4.74 Å². The lowest BCUT2D eigenvalue weighted by molar-refractivity contribution is 0.414. The Morgan fingerprint density at radius 2 is 2.27 bits per heavy atom. The molecule has 0 radical (unpaired) electrons. The maximum Gasteiger partial charge on any atom is 0.235 e. The van der Waals surface area contributed by atoms with Crippen molar-refractivity contribution in [3.8, 4) is 5.75 Å². The first-order chi connectivity index (χ1) is 7.22. The van der Waals surface area contributed by atoms with Gasteiger partial charge in [-0.15, -0.1) is 0 Å². The molecule has 0 aliphatic heterocycles. The molecular weight excluding hydrogens is 214 g/mol. The van der Waals surface area contributed by atoms with Crippen LogP contribution in [-0.4, -0.2) is 13.2 Å². The van der Waals surface area contributed by atoms with Gasteiger partial charge < -0.3 is 4.74 Å². The van der Waals surface area contributed by atoms with E-state index in [1.807, 2.05) is 6.07 Å². The molecule has 0 unspecified atom stereocenters. The number of benzene rings is 1. The van der Waals surface area contributed by atoms with Crippen LogP contribution in [0.5, 0.6) is 5.75 Å². The molecule has 0 heterocycles. The highest BCUT2D eigenvalue weighted by atomic mass is 35.5. The molecule has 0 amide bonds. The van der Waals surface area contributed by atoms with Crippen LogP contribution in [0.3, 0.4) is 0 Å². The summed E-state index contributed by atoms with van der Waals surface area (Å²) in [6, 6.07) is 5.48. The number of aliphatic imine (C=N–C) groups is 1. The molecule has 0 N–H and O–H groups in total. The molecule has 1 fully saturated rings. The summed E-state index contributed by atoms with van der Waals surface area (Å²) in [6.07, 6.45) is 3.38. The summed E-state index contributed by atoms with van der Waals surface area (Å²) in [4.78, 5) is 14.1. The lowest BCUT2D eigenvalue weighted by Crippen LogP contribution is -2.02. The van der Waals surface area contributed by atoms with E-state index in [1.165, 1.54) is 0 Å². The van der Waals surface area contributed by atoms with Crippen molar-refractivity contribution in [3.63, 3.8) is 0 Å². The first kappa shape index (κ1) is 10.2. The van der Waals surface area contributed by atoms with E-state index in [0.717, 1.165) is 18.4 Å². The molecule has 78 valence electrons. The molecule has 0 atom stereocenters. The van der Waals surface area contributed by atoms with Crippen molar-refractivity contribution in [2.45, 2.75) is 18.4 Å². The second-order valence-corrected chi connectivity index (χ2v) is 3.99. The molecule has 15 heavy (non-hydrogen) atoms. The predicted molar refractivity (Wildman–Crippen MR) is 57.0 cm³/mol. The SMILES string of the molecule is COc1ccc(C2(N=C=O)CC2)cc1Cl. The van der Waals surface area contributed by atoms with Gasteiger partial charge in [-0.25, -0.2) is 4.79 Å². The van der Waals surface area contributed by atoms with Gasteiger partial charge in [0.1, 0.15) is 5.75 Å². The molecule has 1 saturated carbocycles. The third-order valence-electron chi connectivity index (χ3n) is 2.67. The van der Waals surface area contributed by atoms with Gasteiger partial charge in [0.25, 0.3) is 0 Å². The van der Waals surface area contributed by atoms with Crippen LogP contribution in [-0.2, 0) is 10.3 Å². The van der Waals surface area contributed by atoms with Gasteiger partial charge in [0.2, 0.25) is 6.08 Å². The second-order valence-electron chi connectivity index (χ2n) is 3.58. The number of rotatable bonds is 3. The molecule has 2 rings (SSSR count). The lowest BCUT2D eigenvalue weighted by atomic mass is 10.1. The quantitative estimate of drug-likeness (QED) is 0.584. The van der Waals surface area contributed by atoms with Gasteiger partial charge in [0.15, 0.2) is 0 Å². The summed E-state index contributed by atoms with van der Waals surface area (Å²) in [6.45, 7) is 0. The van der Waals surface area contributed by atoms with E-state index in [9.17, 15) is 4.79 Å². The first-order valence-corrected chi connectivity index (χ1v) is 5.03. The fraction of sp³-hybridized carbons (Fsp3) is 0.364. The summed E-state index contributed by atoms with van der Waals surface area (Å²) in [7, 11) is 1.57. The molecular formula is C11H10ClNO2. The van der Waals surface area contributed by atoms with Crippen LogP contribution in [0.15, 0.2) is 23.2 Å². The van der Waals surface area contributed by atoms with E-state index in [0.29, 0.717) is 10.8 Å². The van der Waals surface area contributed by atoms with Crippen LogP contribution in [0, 0.1) is 0 Å². The summed E-state index contributed by atoms with van der Waals surface area (Å²) in [5, 5.41) is 0.544. The molecule has 0 saturated heterocycles. The number of hydrogen-bond acceptors (Lipinski definition) is 3. The standard InChI is InChI=1S/C11H10ClNO2/c1-15-10-3-2-8(6-9(10)12)11(4-5-11)13-7-14/h2-3,6H,4-5H2,1H3. The zero-order valence-electron chi connectivity index (χ0n) is 8.29. The van der Waals surface area contributed by atoms with Crippen molar-refractivity contribution < 1.29 is 9.53 Å². The van der Waals surface area contributed by atoms with E-state index in [1.54, 1.807) is 25.3 Å². The topological polar surface area (TPSA) is 38.7 Å². The highest BCUT2D eigenvalue weighted by Crippen LogP contribution is 2.50. The molecule has 1 aliphatic rings. The fourth-order valence-corrected chi connectivity index (χ4v) is 1.88. The average molecular weight is 224 g/mol. The number of ether oxygens (including phenoxy) is 1. The largest absolute Gasteiger partial charge is 0.495 e. The maximum absolute atomic E-state index is 10.3. The maximum atomic E-state index is 10.3. The van der Waals surface area contributed by atoms with Gasteiger partial charge in [-0.3, -0.25) is 0 Å². The van der Waals surface area contributed by atoms with E-state index in [-0.39, 0.29) is 5.54 Å². The summed E-state index contributed by atoms with van der Waals surface area (Å²) >= 11 is 6.00. The van der Waals surface area contributed by atoms with Crippen molar-refractivity contribution in [1.82, 2.24) is 0 Å². The molecule has 4 heteroatoms. The van der Waals surface area contributed by atoms with Crippen molar-refractivity contribution in [2.24, 2.45) is 4.99 Å². The predicted octanol–water partition coefficient (Wildman–Crippen LogP) is 2.67. The molecule has 0 aromatic heterocycles. The number of carbonyl (C=O) groups excluding carboxylic acids is 1. The second kappa shape index (κ2) is 3.69. The zero-order chi connectivity index (χ0) is 10.9. The van der Waals surface area contributed by atoms with E-state index >= 15 is 0 Å². The Morgan fingerprint density at radius 1 is 1.53 bits per heavy atom. The zero-order valence-corrected chi connectivity index (χ0v) is 9.04. The van der Waals surface area contributed by atoms with Gasteiger partial charge in [-0.2, -0.15) is 4.99 Å². The van der Waals surface area contributed by atoms with Gasteiger partial charge in [-0.1, -0.05) is 17.7 Å². The van der Waals surface area contributed by atoms with Crippen LogP contribution in [0.2, 0.25) is 5.02 Å².